The van der Waals surface area contributed by atoms with E-state index in [4.69, 9.17) is 4.74 Å². The molecule has 0 bridgehead atoms. The van der Waals surface area contributed by atoms with E-state index >= 15 is 0 Å². The maximum Gasteiger partial charge on any atom is 0.423 e. The maximum atomic E-state index is 13.2. The predicted molar refractivity (Wildman–Crippen MR) is 88.1 cm³/mol. The van der Waals surface area contributed by atoms with Crippen molar-refractivity contribution in [2.24, 2.45) is 0 Å². The van der Waals surface area contributed by atoms with Gasteiger partial charge in [-0.1, -0.05) is 36.4 Å². The molecule has 0 aliphatic heterocycles. The molecule has 0 amide bonds. The molecule has 1 aromatic heterocycles. The molecular formula is C18H14F3N3O. The van der Waals surface area contributed by atoms with Gasteiger partial charge in [0.2, 0.25) is 11.8 Å². The Hall–Kier alpha value is -3.09. The molecule has 0 N–H and O–H groups in total. The molecule has 25 heavy (non-hydrogen) atoms. The largest absolute Gasteiger partial charge is 0.438 e. The third kappa shape index (κ3) is 3.88. The quantitative estimate of drug-likeness (QED) is 0.663. The van der Waals surface area contributed by atoms with Crippen molar-refractivity contribution in [3.05, 3.63) is 72.4 Å². The Morgan fingerprint density at radius 1 is 0.920 bits per heavy atom. The molecule has 3 rings (SSSR count). The Kier molecular flexibility index (Phi) is 4.56. The Balaban J connectivity index is 2.01. The lowest BCUT2D eigenvalue weighted by Gasteiger charge is -2.19. The Labute approximate surface area is 142 Å². The molecule has 1 heterocycles. The van der Waals surface area contributed by atoms with Crippen LogP contribution < -0.4 is 9.64 Å². The summed E-state index contributed by atoms with van der Waals surface area (Å²) in [7, 11) is 1.67. The first kappa shape index (κ1) is 16.8. The highest BCUT2D eigenvalue weighted by molar-refractivity contribution is 5.56. The van der Waals surface area contributed by atoms with Gasteiger partial charge in [0.15, 0.2) is 0 Å². The third-order valence-electron chi connectivity index (χ3n) is 3.45. The average molecular weight is 345 g/mol. The zero-order valence-electron chi connectivity index (χ0n) is 13.2. The average Bonchev–Trinajstić information content (AvgIpc) is 2.62. The topological polar surface area (TPSA) is 38.2 Å². The zero-order chi connectivity index (χ0) is 17.9. The summed E-state index contributed by atoms with van der Waals surface area (Å²) in [5.41, 5.74) is -0.283. The molecule has 0 atom stereocenters. The second kappa shape index (κ2) is 6.80. The number of anilines is 2. The Bertz CT molecular complexity index is 839. The Morgan fingerprint density at radius 2 is 1.52 bits per heavy atom. The van der Waals surface area contributed by atoms with Crippen LogP contribution in [0.25, 0.3) is 0 Å². The van der Waals surface area contributed by atoms with Crippen molar-refractivity contribution in [3.63, 3.8) is 0 Å². The van der Waals surface area contributed by atoms with Gasteiger partial charge in [0.25, 0.3) is 0 Å². The fourth-order valence-corrected chi connectivity index (χ4v) is 2.16. The van der Waals surface area contributed by atoms with E-state index in [0.29, 0.717) is 0 Å². The van der Waals surface area contributed by atoms with Gasteiger partial charge in [0.05, 0.1) is 0 Å². The van der Waals surface area contributed by atoms with Crippen molar-refractivity contribution in [1.82, 2.24) is 9.97 Å². The molecule has 0 saturated heterocycles. The van der Waals surface area contributed by atoms with Gasteiger partial charge in [-0.25, -0.2) is 4.98 Å². The normalized spacial score (nSPS) is 11.2. The Morgan fingerprint density at radius 3 is 2.12 bits per heavy atom. The first-order valence-electron chi connectivity index (χ1n) is 7.41. The molecule has 7 heteroatoms. The van der Waals surface area contributed by atoms with Crippen molar-refractivity contribution >= 4 is 11.6 Å². The highest BCUT2D eigenvalue weighted by Crippen LogP contribution is 2.37. The fraction of sp³-hybridized carbons (Fsp3) is 0.111. The molecule has 0 aliphatic carbocycles. The van der Waals surface area contributed by atoms with E-state index < -0.39 is 17.6 Å². The maximum absolute atomic E-state index is 13.2. The van der Waals surface area contributed by atoms with E-state index in [-0.39, 0.29) is 11.7 Å². The molecule has 0 saturated carbocycles. The number of ether oxygens (including phenoxy) is 1. The lowest BCUT2D eigenvalue weighted by molar-refractivity contribution is -0.139. The van der Waals surface area contributed by atoms with Gasteiger partial charge in [0, 0.05) is 18.9 Å². The minimum Gasteiger partial charge on any atom is -0.438 e. The number of aromatic nitrogens is 2. The standard InChI is InChI=1S/C18H14F3N3O/c1-24(13-8-4-2-5-9-13)17-22-12-15(18(19,20)21)16(23-17)25-14-10-6-3-7-11-14/h2-12H,1H3. The van der Waals surface area contributed by atoms with Crippen LogP contribution in [0.3, 0.4) is 0 Å². The summed E-state index contributed by atoms with van der Waals surface area (Å²) in [5.74, 6) is -0.170. The van der Waals surface area contributed by atoms with Gasteiger partial charge < -0.3 is 9.64 Å². The molecular weight excluding hydrogens is 331 g/mol. The van der Waals surface area contributed by atoms with Crippen LogP contribution in [0.5, 0.6) is 11.6 Å². The minimum atomic E-state index is -4.62. The second-order valence-electron chi connectivity index (χ2n) is 5.20. The molecule has 0 radical (unpaired) electrons. The van der Waals surface area contributed by atoms with Gasteiger partial charge in [-0.2, -0.15) is 18.2 Å². The lowest BCUT2D eigenvalue weighted by Crippen LogP contribution is -2.16. The van der Waals surface area contributed by atoms with E-state index in [1.54, 1.807) is 54.4 Å². The SMILES string of the molecule is CN(c1ccccc1)c1ncc(C(F)(F)F)c(Oc2ccccc2)n1. The van der Waals surface area contributed by atoms with Crippen molar-refractivity contribution in [2.45, 2.75) is 6.18 Å². The van der Waals surface area contributed by atoms with Crippen LogP contribution in [-0.2, 0) is 6.18 Å². The van der Waals surface area contributed by atoms with E-state index in [9.17, 15) is 13.2 Å². The van der Waals surface area contributed by atoms with Gasteiger partial charge >= 0.3 is 6.18 Å². The second-order valence-corrected chi connectivity index (χ2v) is 5.20. The summed E-state index contributed by atoms with van der Waals surface area (Å²) < 4.78 is 45.1. The summed E-state index contributed by atoms with van der Waals surface area (Å²) >= 11 is 0. The molecule has 0 spiro atoms. The van der Waals surface area contributed by atoms with Crippen LogP contribution in [0, 0.1) is 0 Å². The van der Waals surface area contributed by atoms with Crippen molar-refractivity contribution in [1.29, 1.82) is 0 Å². The smallest absolute Gasteiger partial charge is 0.423 e. The number of rotatable bonds is 4. The summed E-state index contributed by atoms with van der Waals surface area (Å²) in [6.45, 7) is 0. The number of halogens is 3. The molecule has 3 aromatic rings. The number of nitrogens with zero attached hydrogens (tertiary/aromatic N) is 3. The third-order valence-corrected chi connectivity index (χ3v) is 3.45. The number of benzene rings is 2. The predicted octanol–water partition coefficient (Wildman–Crippen LogP) is 5.06. The van der Waals surface area contributed by atoms with Crippen LogP contribution in [0.4, 0.5) is 24.8 Å². The van der Waals surface area contributed by atoms with Gasteiger partial charge in [-0.15, -0.1) is 0 Å². The molecule has 2 aromatic carbocycles. The van der Waals surface area contributed by atoms with Gasteiger partial charge in [0.1, 0.15) is 11.3 Å². The molecule has 128 valence electrons. The van der Waals surface area contributed by atoms with Crippen LogP contribution in [-0.4, -0.2) is 17.0 Å². The highest BCUT2D eigenvalue weighted by atomic mass is 19.4. The molecule has 0 aliphatic rings. The minimum absolute atomic E-state index is 0.102. The van der Waals surface area contributed by atoms with Crippen LogP contribution >= 0.6 is 0 Å². The van der Waals surface area contributed by atoms with E-state index in [0.717, 1.165) is 11.9 Å². The summed E-state index contributed by atoms with van der Waals surface area (Å²) in [6.07, 6.45) is -3.88. The van der Waals surface area contributed by atoms with E-state index in [2.05, 4.69) is 9.97 Å². The van der Waals surface area contributed by atoms with Crippen LogP contribution in [0.2, 0.25) is 0 Å². The summed E-state index contributed by atoms with van der Waals surface area (Å²) in [6, 6.07) is 17.3. The first-order valence-corrected chi connectivity index (χ1v) is 7.41. The monoisotopic (exact) mass is 345 g/mol. The summed E-state index contributed by atoms with van der Waals surface area (Å²) in [5, 5.41) is 0. The van der Waals surface area contributed by atoms with Crippen LogP contribution in [0.15, 0.2) is 66.9 Å². The van der Waals surface area contributed by atoms with Crippen LogP contribution in [0.1, 0.15) is 5.56 Å². The van der Waals surface area contributed by atoms with Crippen molar-refractivity contribution in [3.8, 4) is 11.6 Å². The lowest BCUT2D eigenvalue weighted by atomic mass is 10.3. The first-order chi connectivity index (χ1) is 11.9. The molecule has 0 fully saturated rings. The van der Waals surface area contributed by atoms with Crippen molar-refractivity contribution in [2.75, 3.05) is 11.9 Å². The van der Waals surface area contributed by atoms with Gasteiger partial charge in [-0.05, 0) is 24.3 Å². The van der Waals surface area contributed by atoms with E-state index in [1.807, 2.05) is 18.2 Å². The highest BCUT2D eigenvalue weighted by Gasteiger charge is 2.36. The van der Waals surface area contributed by atoms with E-state index in [1.165, 1.54) is 0 Å². The summed E-state index contributed by atoms with van der Waals surface area (Å²) in [4.78, 5) is 9.40. The van der Waals surface area contributed by atoms with Crippen molar-refractivity contribution < 1.29 is 17.9 Å². The molecule has 4 nitrogen and oxygen atoms in total. The molecule has 0 unspecified atom stereocenters. The fourth-order valence-electron chi connectivity index (χ4n) is 2.16. The number of hydrogen-bond donors (Lipinski definition) is 0. The van der Waals surface area contributed by atoms with Gasteiger partial charge in [-0.3, -0.25) is 0 Å². The zero-order valence-corrected chi connectivity index (χ0v) is 13.2. The number of para-hydroxylation sites is 2. The number of alkyl halides is 3. The number of hydrogen-bond acceptors (Lipinski definition) is 4.